The molecule has 1 saturated carbocycles. The van der Waals surface area contributed by atoms with E-state index in [1.807, 2.05) is 12.1 Å². The van der Waals surface area contributed by atoms with Gasteiger partial charge in [0, 0.05) is 29.9 Å². The molecule has 1 aliphatic heterocycles. The Labute approximate surface area is 159 Å². The van der Waals surface area contributed by atoms with Gasteiger partial charge in [0.05, 0.1) is 6.61 Å². The molecule has 0 saturated heterocycles. The molecule has 0 spiro atoms. The second-order valence-electron chi connectivity index (χ2n) is 7.05. The van der Waals surface area contributed by atoms with E-state index in [0.717, 1.165) is 19.3 Å². The molecular weight excluding hydrogens is 350 g/mol. The minimum Gasteiger partial charge on any atom is -0.459 e. The van der Waals surface area contributed by atoms with Crippen molar-refractivity contribution in [2.24, 2.45) is 0 Å². The predicted octanol–water partition coefficient (Wildman–Crippen LogP) is 3.70. The lowest BCUT2D eigenvalue weighted by atomic mass is 9.95. The molecule has 3 rings (SSSR count). The number of carbonyl (C=O) groups is 1. The van der Waals surface area contributed by atoms with Gasteiger partial charge in [-0.2, -0.15) is 0 Å². The van der Waals surface area contributed by atoms with Crippen molar-refractivity contribution >= 4 is 17.2 Å². The lowest BCUT2D eigenvalue weighted by Gasteiger charge is -2.30. The molecule has 1 aromatic rings. The van der Waals surface area contributed by atoms with E-state index in [1.54, 1.807) is 11.3 Å². The van der Waals surface area contributed by atoms with Crippen molar-refractivity contribution in [1.29, 1.82) is 0 Å². The summed E-state index contributed by atoms with van der Waals surface area (Å²) >= 11 is 1.69. The average molecular weight is 380 g/mol. The molecule has 1 aromatic heterocycles. The Bertz CT molecular complexity index is 581. The first-order chi connectivity index (χ1) is 12.8. The quantitative estimate of drug-likeness (QED) is 0.676. The number of aliphatic hydroxyl groups excluding tert-OH is 1. The smallest absolute Gasteiger partial charge is 0.286 e. The van der Waals surface area contributed by atoms with Gasteiger partial charge in [-0.05, 0) is 43.2 Å². The fourth-order valence-corrected chi connectivity index (χ4v) is 4.36. The zero-order valence-corrected chi connectivity index (χ0v) is 16.0. The molecule has 1 fully saturated rings. The van der Waals surface area contributed by atoms with Gasteiger partial charge < -0.3 is 19.9 Å². The van der Waals surface area contributed by atoms with E-state index in [0.29, 0.717) is 25.2 Å². The molecule has 0 aromatic carbocycles. The molecule has 1 aliphatic carbocycles. The zero-order chi connectivity index (χ0) is 18.2. The molecular formula is C20H29NO4S. The molecule has 2 aliphatic rings. The summed E-state index contributed by atoms with van der Waals surface area (Å²) in [6.45, 7) is 0.696. The zero-order valence-electron chi connectivity index (χ0n) is 15.2. The van der Waals surface area contributed by atoms with Crippen LogP contribution in [-0.4, -0.2) is 36.6 Å². The van der Waals surface area contributed by atoms with E-state index in [9.17, 15) is 4.79 Å². The molecule has 26 heavy (non-hydrogen) atoms. The topological polar surface area (TPSA) is 67.8 Å². The Kier molecular flexibility index (Phi) is 7.53. The number of hydrogen-bond acceptors (Lipinski definition) is 5. The summed E-state index contributed by atoms with van der Waals surface area (Å²) in [6.07, 6.45) is 9.45. The van der Waals surface area contributed by atoms with Crippen LogP contribution in [0.5, 0.6) is 0 Å². The van der Waals surface area contributed by atoms with Crippen LogP contribution < -0.4 is 5.32 Å². The molecule has 0 bridgehead atoms. The van der Waals surface area contributed by atoms with Crippen molar-refractivity contribution in [2.45, 2.75) is 69.6 Å². The Morgan fingerprint density at radius 3 is 2.88 bits per heavy atom. The number of ether oxygens (including phenoxy) is 2. The second-order valence-corrected chi connectivity index (χ2v) is 8.03. The van der Waals surface area contributed by atoms with Crippen LogP contribution in [0.4, 0.5) is 0 Å². The SMILES string of the molecule is O=C(NC1CCCCC1)C1=C[C@@H](c2cccs2)C[C@@H](OCCCCO)O1. The van der Waals surface area contributed by atoms with E-state index in [-0.39, 0.29) is 24.5 Å². The minimum absolute atomic E-state index is 0.123. The maximum atomic E-state index is 12.7. The van der Waals surface area contributed by atoms with E-state index < -0.39 is 6.29 Å². The number of nitrogens with one attached hydrogen (secondary N) is 1. The maximum absolute atomic E-state index is 12.7. The summed E-state index contributed by atoms with van der Waals surface area (Å²) in [5.41, 5.74) is 0. The summed E-state index contributed by atoms with van der Waals surface area (Å²) < 4.78 is 11.7. The Morgan fingerprint density at radius 1 is 1.31 bits per heavy atom. The fourth-order valence-electron chi connectivity index (χ4n) is 3.55. The highest BCUT2D eigenvalue weighted by molar-refractivity contribution is 7.10. The van der Waals surface area contributed by atoms with Crippen molar-refractivity contribution in [3.63, 3.8) is 0 Å². The summed E-state index contributed by atoms with van der Waals surface area (Å²) in [7, 11) is 0. The van der Waals surface area contributed by atoms with E-state index in [2.05, 4.69) is 16.8 Å². The highest BCUT2D eigenvalue weighted by Gasteiger charge is 2.30. The first-order valence-corrected chi connectivity index (χ1v) is 10.6. The van der Waals surface area contributed by atoms with Crippen molar-refractivity contribution in [3.8, 4) is 0 Å². The first kappa shape index (κ1) is 19.4. The molecule has 2 heterocycles. The van der Waals surface area contributed by atoms with Crippen molar-refractivity contribution < 1.29 is 19.4 Å². The van der Waals surface area contributed by atoms with Gasteiger partial charge in [-0.15, -0.1) is 11.3 Å². The third-order valence-corrected chi connectivity index (χ3v) is 5.99. The largest absolute Gasteiger partial charge is 0.459 e. The highest BCUT2D eigenvalue weighted by Crippen LogP contribution is 2.34. The number of hydrogen-bond donors (Lipinski definition) is 2. The normalized spacial score (nSPS) is 24.0. The number of carbonyl (C=O) groups excluding carboxylic acids is 1. The van der Waals surface area contributed by atoms with Crippen LogP contribution in [0.1, 0.15) is 62.2 Å². The maximum Gasteiger partial charge on any atom is 0.286 e. The molecule has 2 N–H and O–H groups in total. The van der Waals surface area contributed by atoms with E-state index >= 15 is 0 Å². The molecule has 1 amide bonds. The lowest BCUT2D eigenvalue weighted by Crippen LogP contribution is -2.39. The first-order valence-electron chi connectivity index (χ1n) is 9.71. The van der Waals surface area contributed by atoms with Gasteiger partial charge in [0.15, 0.2) is 5.76 Å². The van der Waals surface area contributed by atoms with Gasteiger partial charge in [-0.1, -0.05) is 25.3 Å². The number of allylic oxidation sites excluding steroid dienone is 1. The minimum atomic E-state index is -0.419. The summed E-state index contributed by atoms with van der Waals surface area (Å²) in [4.78, 5) is 13.9. The standard InChI is InChI=1S/C20H29NO4S/c22-10-4-5-11-24-19-14-15(18-9-6-12-26-18)13-17(25-19)20(23)21-16-7-2-1-3-8-16/h6,9,12-13,15-16,19,22H,1-5,7-8,10-11,14H2,(H,21,23)/t15-,19+/m1/s1. The van der Waals surface area contributed by atoms with Gasteiger partial charge in [0.2, 0.25) is 6.29 Å². The van der Waals surface area contributed by atoms with Gasteiger partial charge >= 0.3 is 0 Å². The van der Waals surface area contributed by atoms with Crippen LogP contribution in [0.3, 0.4) is 0 Å². The molecule has 144 valence electrons. The summed E-state index contributed by atoms with van der Waals surface area (Å²) in [5, 5.41) is 14.1. The van der Waals surface area contributed by atoms with Crippen LogP contribution in [0, 0.1) is 0 Å². The van der Waals surface area contributed by atoms with Gasteiger partial charge in [-0.3, -0.25) is 4.79 Å². The predicted molar refractivity (Wildman–Crippen MR) is 102 cm³/mol. The number of unbranched alkanes of at least 4 members (excludes halogenated alkanes) is 1. The van der Waals surface area contributed by atoms with Gasteiger partial charge in [-0.25, -0.2) is 0 Å². The third kappa shape index (κ3) is 5.56. The fraction of sp³-hybridized carbons (Fsp3) is 0.650. The van der Waals surface area contributed by atoms with Crippen LogP contribution in [0.2, 0.25) is 0 Å². The molecule has 5 nitrogen and oxygen atoms in total. The van der Waals surface area contributed by atoms with Gasteiger partial charge in [0.25, 0.3) is 5.91 Å². The molecule has 2 atom stereocenters. The Morgan fingerprint density at radius 2 is 2.15 bits per heavy atom. The van der Waals surface area contributed by atoms with E-state index in [1.165, 1.54) is 24.1 Å². The van der Waals surface area contributed by atoms with Crippen LogP contribution in [-0.2, 0) is 14.3 Å². The number of amides is 1. The Hall–Kier alpha value is -1.37. The van der Waals surface area contributed by atoms with Crippen LogP contribution in [0.15, 0.2) is 29.3 Å². The Balaban J connectivity index is 1.63. The summed E-state index contributed by atoms with van der Waals surface area (Å²) in [6, 6.07) is 4.38. The monoisotopic (exact) mass is 379 g/mol. The summed E-state index contributed by atoms with van der Waals surface area (Å²) in [5.74, 6) is 0.396. The van der Waals surface area contributed by atoms with Crippen molar-refractivity contribution in [2.75, 3.05) is 13.2 Å². The van der Waals surface area contributed by atoms with Crippen molar-refractivity contribution in [1.82, 2.24) is 5.32 Å². The average Bonchev–Trinajstić information content (AvgIpc) is 3.21. The molecule has 0 unspecified atom stereocenters. The number of rotatable bonds is 8. The van der Waals surface area contributed by atoms with Crippen molar-refractivity contribution in [3.05, 3.63) is 34.2 Å². The number of aliphatic hydroxyl groups is 1. The third-order valence-electron chi connectivity index (χ3n) is 4.99. The number of thiophene rings is 1. The molecule has 0 radical (unpaired) electrons. The van der Waals surface area contributed by atoms with Crippen LogP contribution in [0.25, 0.3) is 0 Å². The van der Waals surface area contributed by atoms with E-state index in [4.69, 9.17) is 14.6 Å². The second kappa shape index (κ2) is 10.1. The van der Waals surface area contributed by atoms with Gasteiger partial charge in [0.1, 0.15) is 0 Å². The lowest BCUT2D eigenvalue weighted by molar-refractivity contribution is -0.147. The highest BCUT2D eigenvalue weighted by atomic mass is 32.1. The molecule has 6 heteroatoms. The van der Waals surface area contributed by atoms with Crippen LogP contribution >= 0.6 is 11.3 Å².